The van der Waals surface area contributed by atoms with E-state index in [9.17, 15) is 19.7 Å². The molecule has 214 valence electrons. The maximum atomic E-state index is 12.4. The summed E-state index contributed by atoms with van der Waals surface area (Å²) < 4.78 is 20.1. The van der Waals surface area contributed by atoms with Gasteiger partial charge in [0.1, 0.15) is 18.6 Å². The Balaban J connectivity index is 1.41. The van der Waals surface area contributed by atoms with Gasteiger partial charge in [-0.2, -0.15) is 5.10 Å². The molecule has 0 saturated heterocycles. The van der Waals surface area contributed by atoms with Crippen LogP contribution < -0.4 is 15.6 Å². The van der Waals surface area contributed by atoms with E-state index in [-0.39, 0.29) is 29.0 Å². The van der Waals surface area contributed by atoms with E-state index in [2.05, 4.69) is 25.0 Å². The van der Waals surface area contributed by atoms with Crippen LogP contribution in [0, 0.1) is 10.1 Å². The number of benzene rings is 1. The van der Waals surface area contributed by atoms with Gasteiger partial charge in [0, 0.05) is 63.8 Å². The molecule has 2 aromatic heterocycles. The first-order chi connectivity index (χ1) is 19.0. The summed E-state index contributed by atoms with van der Waals surface area (Å²) in [5.74, 6) is 0.887. The van der Waals surface area contributed by atoms with Crippen LogP contribution >= 0.6 is 0 Å². The van der Waals surface area contributed by atoms with Gasteiger partial charge in [-0.1, -0.05) is 19.6 Å². The molecule has 0 unspecified atom stereocenters. The van der Waals surface area contributed by atoms with Crippen molar-refractivity contribution in [2.45, 2.75) is 63.7 Å². The first-order valence-corrected chi connectivity index (χ1v) is 16.9. The smallest absolute Gasteiger partial charge is 0.431 e. The molecule has 4 rings (SSSR count). The third-order valence-electron chi connectivity index (χ3n) is 6.69. The van der Waals surface area contributed by atoms with Gasteiger partial charge in [0.15, 0.2) is 5.82 Å². The second-order valence-corrected chi connectivity index (χ2v) is 16.8. The number of carbonyl (C=O) groups excluding carboxylic acids is 1. The number of anilines is 2. The summed E-state index contributed by atoms with van der Waals surface area (Å²) in [6, 6.07) is 11.5. The first-order valence-electron chi connectivity index (χ1n) is 13.2. The van der Waals surface area contributed by atoms with Crippen molar-refractivity contribution in [3.63, 3.8) is 0 Å². The van der Waals surface area contributed by atoms with Gasteiger partial charge in [-0.05, 0) is 43.5 Å². The number of nitrogens with zero attached hydrogens (tertiary/aromatic N) is 4. The third kappa shape index (κ3) is 8.02. The Hall–Kier alpha value is -3.97. The van der Waals surface area contributed by atoms with Crippen molar-refractivity contribution in [3.05, 3.63) is 74.8 Å². The SMILES string of the molecule is Cn1cc(Nc2cc([C@H]3CC[C@@H](OC(=O)Oc4ccc([N+](=O)[O-])cc4)C3)n(COCC[Si](C)(C)C)n2)ccc1=O. The highest BCUT2D eigenvalue weighted by atomic mass is 28.3. The molecule has 40 heavy (non-hydrogen) atoms. The molecule has 1 saturated carbocycles. The summed E-state index contributed by atoms with van der Waals surface area (Å²) in [4.78, 5) is 34.4. The lowest BCUT2D eigenvalue weighted by Gasteiger charge is -2.17. The number of nitrogens with one attached hydrogen (secondary N) is 1. The number of nitro groups is 1. The molecule has 0 radical (unpaired) electrons. The number of rotatable bonds is 11. The number of non-ortho nitro benzene ring substituents is 1. The minimum atomic E-state index is -1.24. The summed E-state index contributed by atoms with van der Waals surface area (Å²) in [5.41, 5.74) is 1.51. The number of hydrogen-bond donors (Lipinski definition) is 1. The number of nitro benzene ring substituents is 1. The fourth-order valence-corrected chi connectivity index (χ4v) is 5.23. The van der Waals surface area contributed by atoms with Crippen molar-refractivity contribution in [1.29, 1.82) is 0 Å². The lowest BCUT2D eigenvalue weighted by Crippen LogP contribution is -2.22. The standard InChI is InChI=1S/C27H35N5O7Si/c1-30-17-20(6-12-26(30)33)28-25-16-24(31(29-25)18-37-13-14-40(2,3)4)19-5-9-23(15-19)39-27(34)38-22-10-7-21(8-11-22)32(35)36/h6-8,10-12,16-17,19,23H,5,9,13-15,18H2,1-4H3,(H,28,29)/t19-,23+/m0/s1. The maximum absolute atomic E-state index is 12.4. The zero-order valence-electron chi connectivity index (χ0n) is 23.2. The van der Waals surface area contributed by atoms with E-state index in [0.29, 0.717) is 32.0 Å². The van der Waals surface area contributed by atoms with E-state index < -0.39 is 19.2 Å². The fraction of sp³-hybridized carbons (Fsp3) is 0.444. The van der Waals surface area contributed by atoms with Crippen LogP contribution in [0.1, 0.15) is 30.9 Å². The van der Waals surface area contributed by atoms with E-state index in [1.165, 1.54) is 34.9 Å². The van der Waals surface area contributed by atoms with Gasteiger partial charge in [0.05, 0.1) is 10.6 Å². The Labute approximate surface area is 233 Å². The van der Waals surface area contributed by atoms with Crippen molar-refractivity contribution in [1.82, 2.24) is 14.3 Å². The molecule has 0 aliphatic heterocycles. The summed E-state index contributed by atoms with van der Waals surface area (Å²) in [7, 11) is 0.453. The van der Waals surface area contributed by atoms with E-state index in [0.717, 1.165) is 23.8 Å². The largest absolute Gasteiger partial charge is 0.514 e. The highest BCUT2D eigenvalue weighted by Crippen LogP contribution is 2.37. The normalized spacial score (nSPS) is 17.0. The van der Waals surface area contributed by atoms with Crippen LogP contribution in [-0.4, -0.2) is 46.2 Å². The quantitative estimate of drug-likeness (QED) is 0.0803. The second-order valence-electron chi connectivity index (χ2n) is 11.1. The van der Waals surface area contributed by atoms with Gasteiger partial charge >= 0.3 is 6.16 Å². The molecule has 1 fully saturated rings. The lowest BCUT2D eigenvalue weighted by molar-refractivity contribution is -0.384. The van der Waals surface area contributed by atoms with Crippen molar-refractivity contribution in [2.75, 3.05) is 11.9 Å². The monoisotopic (exact) mass is 569 g/mol. The van der Waals surface area contributed by atoms with E-state index in [1.54, 1.807) is 19.3 Å². The molecule has 0 spiro atoms. The third-order valence-corrected chi connectivity index (χ3v) is 8.40. The molecule has 2 heterocycles. The van der Waals surface area contributed by atoms with Crippen LogP contribution in [0.4, 0.5) is 22.0 Å². The highest BCUT2D eigenvalue weighted by molar-refractivity contribution is 6.76. The summed E-state index contributed by atoms with van der Waals surface area (Å²) in [5, 5.41) is 18.8. The Kier molecular flexibility index (Phi) is 9.05. The van der Waals surface area contributed by atoms with Crippen LogP contribution in [0.15, 0.2) is 53.5 Å². The molecule has 0 amide bonds. The maximum Gasteiger partial charge on any atom is 0.514 e. The van der Waals surface area contributed by atoms with Gasteiger partial charge in [0.2, 0.25) is 5.56 Å². The van der Waals surface area contributed by atoms with Gasteiger partial charge in [0.25, 0.3) is 5.69 Å². The molecule has 0 bridgehead atoms. The van der Waals surface area contributed by atoms with E-state index >= 15 is 0 Å². The van der Waals surface area contributed by atoms with Crippen LogP contribution in [0.3, 0.4) is 0 Å². The number of pyridine rings is 1. The van der Waals surface area contributed by atoms with Crippen molar-refractivity contribution in [3.8, 4) is 5.75 Å². The van der Waals surface area contributed by atoms with Crippen molar-refractivity contribution in [2.24, 2.45) is 7.05 Å². The molecule has 1 aliphatic rings. The van der Waals surface area contributed by atoms with Gasteiger partial charge in [-0.3, -0.25) is 14.9 Å². The zero-order chi connectivity index (χ0) is 28.9. The van der Waals surface area contributed by atoms with Crippen LogP contribution in [0.5, 0.6) is 5.75 Å². The molecule has 12 nitrogen and oxygen atoms in total. The molecule has 1 N–H and O–H groups in total. The zero-order valence-corrected chi connectivity index (χ0v) is 24.2. The molecular formula is C27H35N5O7Si. The molecule has 2 atom stereocenters. The summed E-state index contributed by atoms with van der Waals surface area (Å²) in [6.45, 7) is 7.87. The summed E-state index contributed by atoms with van der Waals surface area (Å²) >= 11 is 0. The second kappa shape index (κ2) is 12.5. The Morgan fingerprint density at radius 3 is 2.60 bits per heavy atom. The van der Waals surface area contributed by atoms with Crippen LogP contribution in [0.25, 0.3) is 0 Å². The van der Waals surface area contributed by atoms with Crippen molar-refractivity contribution >= 4 is 31.4 Å². The van der Waals surface area contributed by atoms with Crippen LogP contribution in [0.2, 0.25) is 25.7 Å². The number of carbonyl (C=O) groups is 1. The number of aromatic nitrogens is 3. The molecular weight excluding hydrogens is 534 g/mol. The highest BCUT2D eigenvalue weighted by Gasteiger charge is 2.32. The number of aryl methyl sites for hydroxylation is 1. The minimum absolute atomic E-state index is 0.0842. The predicted octanol–water partition coefficient (Wildman–Crippen LogP) is 5.40. The van der Waals surface area contributed by atoms with E-state index in [1.807, 2.05) is 10.7 Å². The van der Waals surface area contributed by atoms with E-state index in [4.69, 9.17) is 19.3 Å². The minimum Gasteiger partial charge on any atom is -0.431 e. The molecule has 1 aliphatic carbocycles. The van der Waals surface area contributed by atoms with Gasteiger partial charge in [-0.15, -0.1) is 0 Å². The number of ether oxygens (including phenoxy) is 3. The molecule has 1 aromatic carbocycles. The Morgan fingerprint density at radius 2 is 1.93 bits per heavy atom. The Morgan fingerprint density at radius 1 is 1.18 bits per heavy atom. The van der Waals surface area contributed by atoms with Crippen molar-refractivity contribution < 1.29 is 23.9 Å². The van der Waals surface area contributed by atoms with Crippen LogP contribution in [-0.2, 0) is 23.3 Å². The average molecular weight is 570 g/mol. The topological polar surface area (TPSA) is 140 Å². The summed E-state index contributed by atoms with van der Waals surface area (Å²) in [6.07, 6.45) is 2.56. The molecule has 3 aromatic rings. The predicted molar refractivity (Wildman–Crippen MR) is 152 cm³/mol. The number of hydrogen-bond acceptors (Lipinski definition) is 9. The van der Waals surface area contributed by atoms with Gasteiger partial charge in [-0.25, -0.2) is 9.48 Å². The lowest BCUT2D eigenvalue weighted by atomic mass is 10.0. The average Bonchev–Trinajstić information content (AvgIpc) is 3.50. The molecule has 13 heteroatoms. The fourth-order valence-electron chi connectivity index (χ4n) is 4.48. The Bertz CT molecular complexity index is 1400. The van der Waals surface area contributed by atoms with Gasteiger partial charge < -0.3 is 24.1 Å². The first kappa shape index (κ1) is 29.0.